The number of halogens is 3. The van der Waals surface area contributed by atoms with Gasteiger partial charge in [0.15, 0.2) is 0 Å². The Kier molecular flexibility index (Phi) is 6.10. The molecular weight excluding hydrogens is 539 g/mol. The molecule has 8 heteroatoms. The van der Waals surface area contributed by atoms with Gasteiger partial charge >= 0.3 is 0 Å². The number of nitrogens with zero attached hydrogens (tertiary/aromatic N) is 2. The van der Waals surface area contributed by atoms with E-state index in [2.05, 4.69) is 15.9 Å². The lowest BCUT2D eigenvalue weighted by Crippen LogP contribution is -2.27. The van der Waals surface area contributed by atoms with E-state index in [4.69, 9.17) is 11.6 Å². The van der Waals surface area contributed by atoms with Crippen LogP contribution in [-0.4, -0.2) is 15.7 Å². The van der Waals surface area contributed by atoms with Crippen molar-refractivity contribution in [2.45, 2.75) is 13.5 Å². The third kappa shape index (κ3) is 4.19. The highest BCUT2D eigenvalue weighted by Crippen LogP contribution is 2.37. The molecule has 0 aliphatic carbocycles. The maximum Gasteiger partial charge on any atom is 0.298 e. The molecule has 4 aromatic rings. The summed E-state index contributed by atoms with van der Waals surface area (Å²) in [6.45, 7) is 2.17. The van der Waals surface area contributed by atoms with Crippen molar-refractivity contribution >= 4 is 73.1 Å². The van der Waals surface area contributed by atoms with Crippen LogP contribution in [0, 0.1) is 12.7 Å². The molecule has 4 nitrogen and oxygen atoms in total. The number of carbonyl (C=O) groups is 2. The Labute approximate surface area is 213 Å². The zero-order valence-electron chi connectivity index (χ0n) is 17.9. The number of aryl methyl sites for hydroxylation is 1. The monoisotopic (exact) mass is 554 g/mol. The molecule has 1 saturated heterocycles. The zero-order chi connectivity index (χ0) is 24.0. The van der Waals surface area contributed by atoms with Crippen molar-refractivity contribution in [3.05, 3.63) is 104 Å². The van der Waals surface area contributed by atoms with Crippen molar-refractivity contribution in [2.75, 3.05) is 4.90 Å². The number of amides is 2. The van der Waals surface area contributed by atoms with Gasteiger partial charge in [-0.25, -0.2) is 9.29 Å². The van der Waals surface area contributed by atoms with Gasteiger partial charge in [-0.05, 0) is 67.2 Å². The number of carbonyl (C=O) groups excluding carboxylic acids is 2. The van der Waals surface area contributed by atoms with Crippen molar-refractivity contribution in [3.63, 3.8) is 0 Å². The van der Waals surface area contributed by atoms with E-state index in [0.29, 0.717) is 21.2 Å². The number of anilines is 1. The first-order valence-electron chi connectivity index (χ1n) is 10.4. The molecule has 1 aromatic heterocycles. The third-order valence-corrected chi connectivity index (χ3v) is 7.35. The Morgan fingerprint density at radius 1 is 1.09 bits per heavy atom. The molecule has 3 aromatic carbocycles. The van der Waals surface area contributed by atoms with Crippen molar-refractivity contribution in [1.82, 2.24) is 4.57 Å². The number of rotatable bonds is 4. The Balaban J connectivity index is 1.56. The van der Waals surface area contributed by atoms with E-state index < -0.39 is 0 Å². The van der Waals surface area contributed by atoms with E-state index in [1.807, 2.05) is 48.0 Å². The number of hydrogen-bond acceptors (Lipinski definition) is 3. The van der Waals surface area contributed by atoms with Gasteiger partial charge in [0.1, 0.15) is 5.82 Å². The van der Waals surface area contributed by atoms with Crippen molar-refractivity contribution < 1.29 is 14.0 Å². The highest BCUT2D eigenvalue weighted by atomic mass is 79.9. The largest absolute Gasteiger partial charge is 0.342 e. The Hall–Kier alpha value is -2.87. The minimum absolute atomic E-state index is 0.225. The summed E-state index contributed by atoms with van der Waals surface area (Å²) in [5.74, 6) is -0.751. The summed E-state index contributed by atoms with van der Waals surface area (Å²) in [7, 11) is 0. The molecule has 34 heavy (non-hydrogen) atoms. The summed E-state index contributed by atoms with van der Waals surface area (Å²) in [6, 6.07) is 17.6. The molecule has 2 amide bonds. The van der Waals surface area contributed by atoms with E-state index in [9.17, 15) is 14.0 Å². The van der Waals surface area contributed by atoms with Gasteiger partial charge in [0.2, 0.25) is 0 Å². The van der Waals surface area contributed by atoms with Gasteiger partial charge in [-0.15, -0.1) is 0 Å². The van der Waals surface area contributed by atoms with E-state index in [0.717, 1.165) is 38.3 Å². The van der Waals surface area contributed by atoms with Gasteiger partial charge < -0.3 is 4.57 Å². The van der Waals surface area contributed by atoms with Crippen LogP contribution in [0.3, 0.4) is 0 Å². The Morgan fingerprint density at radius 3 is 2.59 bits per heavy atom. The maximum absolute atomic E-state index is 14.4. The normalized spacial score (nSPS) is 15.2. The predicted molar refractivity (Wildman–Crippen MR) is 140 cm³/mol. The van der Waals surface area contributed by atoms with Gasteiger partial charge in [0.25, 0.3) is 11.1 Å². The second kappa shape index (κ2) is 9.06. The van der Waals surface area contributed by atoms with Crippen LogP contribution in [0.2, 0.25) is 5.02 Å². The van der Waals surface area contributed by atoms with Crippen LogP contribution in [0.4, 0.5) is 14.9 Å². The van der Waals surface area contributed by atoms with E-state index in [1.165, 1.54) is 11.0 Å². The molecule has 2 heterocycles. The zero-order valence-corrected chi connectivity index (χ0v) is 21.0. The molecule has 0 bridgehead atoms. The van der Waals surface area contributed by atoms with Crippen LogP contribution < -0.4 is 4.90 Å². The lowest BCUT2D eigenvalue weighted by atomic mass is 10.1. The van der Waals surface area contributed by atoms with Crippen LogP contribution in [-0.2, 0) is 11.3 Å². The predicted octanol–water partition coefficient (Wildman–Crippen LogP) is 7.79. The average Bonchev–Trinajstić information content (AvgIpc) is 3.27. The van der Waals surface area contributed by atoms with E-state index >= 15 is 0 Å². The lowest BCUT2D eigenvalue weighted by Gasteiger charge is -2.12. The van der Waals surface area contributed by atoms with E-state index in [1.54, 1.807) is 30.3 Å². The topological polar surface area (TPSA) is 42.3 Å². The van der Waals surface area contributed by atoms with Crippen molar-refractivity contribution in [1.29, 1.82) is 0 Å². The van der Waals surface area contributed by atoms with Crippen molar-refractivity contribution in [2.24, 2.45) is 0 Å². The summed E-state index contributed by atoms with van der Waals surface area (Å²) in [5, 5.41) is 0.867. The van der Waals surface area contributed by atoms with Gasteiger partial charge in [0, 0.05) is 37.7 Å². The molecule has 0 unspecified atom stereocenters. The molecule has 5 rings (SSSR count). The molecule has 0 saturated carbocycles. The molecule has 0 atom stereocenters. The standard InChI is InChI=1S/C26H17BrClFN2O2S/c1-15-5-8-18(9-6-15)31-25(32)24(34-26(31)33)11-16-13-30(23-10-7-17(27)12-19(16)23)14-20-21(28)3-2-4-22(20)29/h2-13H,14H2,1H3/b24-11-. The van der Waals surface area contributed by atoms with Crippen molar-refractivity contribution in [3.8, 4) is 0 Å². The average molecular weight is 556 g/mol. The quantitative estimate of drug-likeness (QED) is 0.241. The maximum atomic E-state index is 14.4. The molecule has 0 radical (unpaired) electrons. The number of aromatic nitrogens is 1. The SMILES string of the molecule is Cc1ccc(N2C(=O)S/C(=C\c3cn(Cc4c(F)cccc4Cl)c4ccc(Br)cc34)C2=O)cc1. The van der Waals surface area contributed by atoms with Gasteiger partial charge in [0.05, 0.1) is 17.1 Å². The fourth-order valence-electron chi connectivity index (χ4n) is 3.92. The Morgan fingerprint density at radius 2 is 1.85 bits per heavy atom. The van der Waals surface area contributed by atoms with Crippen LogP contribution in [0.5, 0.6) is 0 Å². The van der Waals surface area contributed by atoms with Gasteiger partial charge in [-0.2, -0.15) is 0 Å². The second-order valence-corrected chi connectivity index (χ2v) is 10.2. The van der Waals surface area contributed by atoms with Crippen LogP contribution >= 0.6 is 39.3 Å². The second-order valence-electron chi connectivity index (χ2n) is 7.93. The van der Waals surface area contributed by atoms with E-state index in [-0.39, 0.29) is 23.5 Å². The summed E-state index contributed by atoms with van der Waals surface area (Å²) in [5.41, 5.74) is 3.57. The first-order chi connectivity index (χ1) is 16.3. The molecule has 1 aliphatic heterocycles. The number of hydrogen-bond donors (Lipinski definition) is 0. The number of imide groups is 1. The third-order valence-electron chi connectivity index (χ3n) is 5.64. The fourth-order valence-corrected chi connectivity index (χ4v) is 5.34. The number of fused-ring (bicyclic) bond motifs is 1. The first kappa shape index (κ1) is 22.9. The van der Waals surface area contributed by atoms with Crippen LogP contribution in [0.15, 0.2) is 76.2 Å². The number of benzene rings is 3. The minimum Gasteiger partial charge on any atom is -0.342 e. The Bertz CT molecular complexity index is 1480. The molecule has 0 N–H and O–H groups in total. The molecule has 0 spiro atoms. The highest BCUT2D eigenvalue weighted by molar-refractivity contribution is 9.10. The summed E-state index contributed by atoms with van der Waals surface area (Å²) in [6.07, 6.45) is 3.56. The smallest absolute Gasteiger partial charge is 0.298 e. The fraction of sp³-hybridized carbons (Fsp3) is 0.0769. The van der Waals surface area contributed by atoms with Crippen LogP contribution in [0.1, 0.15) is 16.7 Å². The van der Waals surface area contributed by atoms with Gasteiger partial charge in [-0.3, -0.25) is 9.59 Å². The minimum atomic E-state index is -0.382. The molecule has 1 aliphatic rings. The first-order valence-corrected chi connectivity index (χ1v) is 12.4. The summed E-state index contributed by atoms with van der Waals surface area (Å²) >= 11 is 10.7. The highest BCUT2D eigenvalue weighted by Gasteiger charge is 2.36. The summed E-state index contributed by atoms with van der Waals surface area (Å²) < 4.78 is 17.2. The summed E-state index contributed by atoms with van der Waals surface area (Å²) in [4.78, 5) is 27.3. The lowest BCUT2D eigenvalue weighted by molar-refractivity contribution is -0.113. The van der Waals surface area contributed by atoms with Gasteiger partial charge in [-0.1, -0.05) is 51.3 Å². The number of thioether (sulfide) groups is 1. The van der Waals surface area contributed by atoms with Crippen LogP contribution in [0.25, 0.3) is 17.0 Å². The molecular formula is C26H17BrClFN2O2S. The molecule has 1 fully saturated rings. The molecule has 170 valence electrons.